The predicted molar refractivity (Wildman–Crippen MR) is 69.6 cm³/mol. The third kappa shape index (κ3) is 58.6. The van der Waals surface area contributed by atoms with Crippen molar-refractivity contribution in [1.29, 1.82) is 0 Å². The van der Waals surface area contributed by atoms with Gasteiger partial charge in [0.1, 0.15) is 0 Å². The maximum absolute atomic E-state index is 8.49. The van der Waals surface area contributed by atoms with E-state index in [-0.39, 0.29) is 17.1 Å². The first-order valence-corrected chi connectivity index (χ1v) is 11.6. The van der Waals surface area contributed by atoms with Crippen LogP contribution in [-0.4, -0.2) is 49.2 Å². The number of rotatable bonds is 0. The molecule has 0 aromatic rings. The van der Waals surface area contributed by atoms with Gasteiger partial charge in [-0.3, -0.25) is 0 Å². The molecule has 1 saturated heterocycles. The van der Waals surface area contributed by atoms with Crippen LogP contribution in [0.5, 0.6) is 0 Å². The summed E-state index contributed by atoms with van der Waals surface area (Å²) < 4.78 is 67.9. The van der Waals surface area contributed by atoms with Crippen molar-refractivity contribution in [2.75, 3.05) is 49.2 Å². The summed E-state index contributed by atoms with van der Waals surface area (Å²) in [4.78, 5) is 0. The fourth-order valence-corrected chi connectivity index (χ4v) is 3.26. The predicted octanol–water partition coefficient (Wildman–Crippen LogP) is -8.09. The number of thioether (sulfide) groups is 2. The van der Waals surface area contributed by atoms with Gasteiger partial charge in [0.05, 0.1) is 0 Å². The Morgan fingerprint density at radius 2 is 0.880 bits per heavy atom. The zero-order valence-electron chi connectivity index (χ0n) is 13.2. The fourth-order valence-electron chi connectivity index (χ4n) is 1.34. The van der Waals surface area contributed by atoms with Crippen LogP contribution in [-0.2, 0) is 17.1 Å². The Labute approximate surface area is 170 Å². The standard InChI is InChI=1S/C10H22N2S2.2ClHO4.Cu/c1-3-11-4-5-12-6-10-14-9-2-8-13-7-1;2*2-1(3,4)5;/h11-12H,1-10H2;2*(H,2,3,4,5);/q;;;+2/p-2. The normalized spacial score (nSPS) is 18.2. The largest absolute Gasteiger partial charge is 2.00 e. The summed E-state index contributed by atoms with van der Waals surface area (Å²) in [7, 11) is -9.89. The monoisotopic (exact) mass is 495 g/mol. The Balaban J connectivity index is -0.000000368. The summed E-state index contributed by atoms with van der Waals surface area (Å²) in [5.41, 5.74) is 0. The second-order valence-corrected chi connectivity index (χ2v) is 8.15. The van der Waals surface area contributed by atoms with Crippen molar-refractivity contribution in [3.8, 4) is 0 Å². The van der Waals surface area contributed by atoms with Gasteiger partial charge in [0.15, 0.2) is 0 Å². The summed E-state index contributed by atoms with van der Waals surface area (Å²) in [5.74, 6) is 5.28. The van der Waals surface area contributed by atoms with Crippen LogP contribution in [0.4, 0.5) is 0 Å². The van der Waals surface area contributed by atoms with Gasteiger partial charge in [-0.25, -0.2) is 37.3 Å². The number of nitrogens with one attached hydrogen (secondary N) is 2. The minimum atomic E-state index is -4.94. The van der Waals surface area contributed by atoms with Gasteiger partial charge in [-0.15, -0.1) is 20.5 Å². The zero-order valence-corrected chi connectivity index (χ0v) is 17.3. The number of hydrogen-bond acceptors (Lipinski definition) is 12. The minimum absolute atomic E-state index is 0. The van der Waals surface area contributed by atoms with Crippen LogP contribution in [0.2, 0.25) is 0 Å². The van der Waals surface area contributed by atoms with Gasteiger partial charge in [-0.2, -0.15) is 23.5 Å². The van der Waals surface area contributed by atoms with Gasteiger partial charge in [-0.1, -0.05) is 0 Å². The molecular formula is C10H22Cl2CuN2O8S2. The molecule has 0 aliphatic carbocycles. The van der Waals surface area contributed by atoms with Crippen LogP contribution in [0.1, 0.15) is 12.8 Å². The molecule has 1 rings (SSSR count). The summed E-state index contributed by atoms with van der Waals surface area (Å²) in [6.45, 7) is 4.59. The molecule has 0 amide bonds. The minimum Gasteiger partial charge on any atom is -0.315 e. The Morgan fingerprint density at radius 1 is 0.520 bits per heavy atom. The van der Waals surface area contributed by atoms with Crippen LogP contribution in [0.3, 0.4) is 0 Å². The van der Waals surface area contributed by atoms with E-state index < -0.39 is 20.5 Å². The van der Waals surface area contributed by atoms with Crippen LogP contribution < -0.4 is 47.9 Å². The molecule has 10 nitrogen and oxygen atoms in total. The van der Waals surface area contributed by atoms with E-state index in [1.165, 1.54) is 48.9 Å². The van der Waals surface area contributed by atoms with E-state index in [1.54, 1.807) is 0 Å². The molecule has 25 heavy (non-hydrogen) atoms. The number of halogens is 2. The van der Waals surface area contributed by atoms with E-state index in [9.17, 15) is 0 Å². The first-order valence-electron chi connectivity index (χ1n) is 6.80. The van der Waals surface area contributed by atoms with E-state index in [2.05, 4.69) is 34.2 Å². The Hall–Kier alpha value is 1.40. The van der Waals surface area contributed by atoms with Gasteiger partial charge in [0, 0.05) is 25.4 Å². The summed E-state index contributed by atoms with van der Waals surface area (Å²) in [5, 5.41) is 6.91. The molecular weight excluding hydrogens is 475 g/mol. The summed E-state index contributed by atoms with van der Waals surface area (Å²) in [6.07, 6.45) is 2.70. The molecule has 1 radical (unpaired) electrons. The van der Waals surface area contributed by atoms with Gasteiger partial charge >= 0.3 is 17.1 Å². The topological polar surface area (TPSA) is 209 Å². The van der Waals surface area contributed by atoms with Crippen LogP contribution in [0.15, 0.2) is 0 Å². The maximum atomic E-state index is 8.49. The molecule has 0 spiro atoms. The second kappa shape index (κ2) is 20.1. The first kappa shape index (κ1) is 31.1. The smallest absolute Gasteiger partial charge is 0.315 e. The van der Waals surface area contributed by atoms with Crippen molar-refractivity contribution in [3.63, 3.8) is 0 Å². The molecule has 0 atom stereocenters. The fraction of sp³-hybridized carbons (Fsp3) is 1.00. The van der Waals surface area contributed by atoms with Crippen LogP contribution in [0.25, 0.3) is 0 Å². The third-order valence-electron chi connectivity index (χ3n) is 2.12. The Bertz CT molecular complexity index is 201. The summed E-state index contributed by atoms with van der Waals surface area (Å²) >= 11 is 4.19. The average Bonchev–Trinajstić information content (AvgIpc) is 2.38. The molecule has 1 heterocycles. The van der Waals surface area contributed by atoms with E-state index in [4.69, 9.17) is 37.3 Å². The molecule has 0 aromatic heterocycles. The van der Waals surface area contributed by atoms with Gasteiger partial charge in [0.2, 0.25) is 0 Å². The van der Waals surface area contributed by atoms with Crippen LogP contribution in [0, 0.1) is 20.5 Å². The molecule has 0 aromatic carbocycles. The average molecular weight is 497 g/mol. The molecule has 0 bridgehead atoms. The van der Waals surface area contributed by atoms with Crippen molar-refractivity contribution < 1.29 is 74.8 Å². The second-order valence-electron chi connectivity index (χ2n) is 4.19. The third-order valence-corrected chi connectivity index (χ3v) is 4.35. The van der Waals surface area contributed by atoms with E-state index in [1.807, 2.05) is 0 Å². The van der Waals surface area contributed by atoms with E-state index in [0.717, 1.165) is 13.1 Å². The van der Waals surface area contributed by atoms with Gasteiger partial charge in [0.25, 0.3) is 0 Å². The molecule has 15 heteroatoms. The van der Waals surface area contributed by atoms with E-state index in [0.29, 0.717) is 0 Å². The van der Waals surface area contributed by atoms with E-state index >= 15 is 0 Å². The van der Waals surface area contributed by atoms with Gasteiger partial charge in [-0.05, 0) is 36.6 Å². The van der Waals surface area contributed by atoms with Gasteiger partial charge < -0.3 is 10.6 Å². The summed E-state index contributed by atoms with van der Waals surface area (Å²) in [6, 6.07) is 0. The quantitative estimate of drug-likeness (QED) is 0.299. The van der Waals surface area contributed by atoms with Crippen LogP contribution >= 0.6 is 23.5 Å². The van der Waals surface area contributed by atoms with Crippen molar-refractivity contribution in [2.24, 2.45) is 0 Å². The molecule has 157 valence electrons. The van der Waals surface area contributed by atoms with Crippen molar-refractivity contribution >= 4 is 23.5 Å². The molecule has 1 fully saturated rings. The van der Waals surface area contributed by atoms with Crippen molar-refractivity contribution in [2.45, 2.75) is 12.8 Å². The number of hydrogen-bond donors (Lipinski definition) is 2. The Kier molecular flexibility index (Phi) is 25.1. The molecule has 2 N–H and O–H groups in total. The molecule has 1 aliphatic rings. The van der Waals surface area contributed by atoms with Crippen molar-refractivity contribution in [1.82, 2.24) is 10.6 Å². The SMILES string of the molecule is C1CNCCNCCSCCCSC1.[Cu+2].[O-][Cl+3]([O-])([O-])[O-].[O-][Cl+3]([O-])([O-])[O-]. The zero-order chi connectivity index (χ0) is 18.9. The maximum Gasteiger partial charge on any atom is 2.00 e. The first-order chi connectivity index (χ1) is 11.0. The molecule has 0 saturated carbocycles. The molecule has 1 aliphatic heterocycles. The molecule has 0 unspecified atom stereocenters. The Morgan fingerprint density at radius 3 is 1.36 bits per heavy atom. The van der Waals surface area contributed by atoms with Crippen molar-refractivity contribution in [3.05, 3.63) is 0 Å².